The second-order valence-electron chi connectivity index (χ2n) is 26.5. The van der Waals surface area contributed by atoms with Crippen molar-refractivity contribution in [3.8, 4) is 16.9 Å². The molecule has 0 saturated heterocycles. The van der Waals surface area contributed by atoms with E-state index in [1.807, 2.05) is 117 Å². The Balaban J connectivity index is 0.894. The number of benzene rings is 4. The molecule has 4 N–H and O–H groups in total. The third-order valence-corrected chi connectivity index (χ3v) is 16.5. The Morgan fingerprint density at radius 1 is 0.505 bits per heavy atom. The Bertz CT molecular complexity index is 3600. The maximum atomic E-state index is 14.1. The van der Waals surface area contributed by atoms with Gasteiger partial charge in [0.15, 0.2) is 0 Å². The second kappa shape index (κ2) is 42.8. The second-order valence-corrected chi connectivity index (χ2v) is 26.5. The number of unbranched alkanes of at least 4 members (excludes halogenated alkanes) is 5. The molecule has 0 bridgehead atoms. The molecule has 101 heavy (non-hydrogen) atoms. The van der Waals surface area contributed by atoms with Gasteiger partial charge in [-0.05, 0) is 128 Å². The molecule has 21 nitrogen and oxygen atoms in total. The van der Waals surface area contributed by atoms with Crippen molar-refractivity contribution in [2.75, 3.05) is 58.1 Å². The van der Waals surface area contributed by atoms with Gasteiger partial charge in [-0.2, -0.15) is 0 Å². The van der Waals surface area contributed by atoms with Gasteiger partial charge in [0, 0.05) is 102 Å². The highest BCUT2D eigenvalue weighted by molar-refractivity contribution is 5.89. The molecule has 8 rings (SSSR count). The zero-order valence-corrected chi connectivity index (χ0v) is 59.7. The van der Waals surface area contributed by atoms with Crippen molar-refractivity contribution in [1.29, 1.82) is 0 Å². The van der Waals surface area contributed by atoms with Gasteiger partial charge >= 0.3 is 5.97 Å². The van der Waals surface area contributed by atoms with Crippen molar-refractivity contribution in [2.45, 2.75) is 176 Å². The van der Waals surface area contributed by atoms with Crippen LogP contribution in [-0.4, -0.2) is 132 Å². The van der Waals surface area contributed by atoms with Crippen molar-refractivity contribution in [3.05, 3.63) is 215 Å². The number of H-pyrrole nitrogens is 2. The molecule has 0 aliphatic heterocycles. The van der Waals surface area contributed by atoms with Gasteiger partial charge in [-0.1, -0.05) is 137 Å². The smallest absolute Gasteiger partial charge is 0.306 e. The van der Waals surface area contributed by atoms with Crippen molar-refractivity contribution < 1.29 is 47.7 Å². The number of imidazole rings is 2. The molecule has 0 fully saturated rings. The zero-order valence-electron chi connectivity index (χ0n) is 59.7. The van der Waals surface area contributed by atoms with E-state index < -0.39 is 5.60 Å². The standard InChI is InChI=1S/C80H103N11O10/c1-6-8-11-24-71(92)50-68-21-17-22-69(86-68)55-89(57-74-81-37-38-82-74)52-64-47-65(53-90(58-75-83-39-40-84-75)56-70-23-18-25-73(87-70)88-76(93)26-12-9-7-2)49-72(48-64)100-42-16-15-41-91(54-63-31-34-67(35-32-63)66-19-13-10-14-20-66)78(95)60-99-46-44-97-43-45-98-59-77(94)85-51-62-29-27-61(28-30-62)33-36-79(96)101-80(3,4)5/h10,13-14,17-23,25,27-32,34-35,37-40,47-49H,6-9,11-12,15-16,24,26,33,36,41-46,50-60H2,1-5H3,(H,81,82)(H,83,84)(H,85,94)(H,87,88,93). The molecule has 0 saturated carbocycles. The molecule has 4 aromatic heterocycles. The minimum Gasteiger partial charge on any atom is -0.494 e. The molecule has 0 aliphatic carbocycles. The summed E-state index contributed by atoms with van der Waals surface area (Å²) in [5.41, 5.74) is 9.02. The number of aromatic amines is 2. The Morgan fingerprint density at radius 3 is 1.74 bits per heavy atom. The number of hydrogen-bond donors (Lipinski definition) is 4. The van der Waals surface area contributed by atoms with E-state index >= 15 is 0 Å². The molecule has 4 aromatic carbocycles. The van der Waals surface area contributed by atoms with E-state index in [1.54, 1.807) is 12.4 Å². The number of nitrogens with zero attached hydrogens (tertiary/aromatic N) is 7. The van der Waals surface area contributed by atoms with E-state index in [9.17, 15) is 24.0 Å². The van der Waals surface area contributed by atoms with Gasteiger partial charge in [0.25, 0.3) is 0 Å². The molecule has 538 valence electrons. The minimum absolute atomic E-state index is 0.0505. The first-order valence-corrected chi connectivity index (χ1v) is 35.7. The lowest BCUT2D eigenvalue weighted by atomic mass is 10.0. The fourth-order valence-corrected chi connectivity index (χ4v) is 11.5. The number of carbonyl (C=O) groups excluding carboxylic acids is 5. The molecular weight excluding hydrogens is 1270 g/mol. The van der Waals surface area contributed by atoms with Crippen LogP contribution in [0.3, 0.4) is 0 Å². The summed E-state index contributed by atoms with van der Waals surface area (Å²) in [6.07, 6.45) is 16.4. The van der Waals surface area contributed by atoms with Crippen LogP contribution in [0.2, 0.25) is 0 Å². The normalized spacial score (nSPS) is 11.5. The van der Waals surface area contributed by atoms with E-state index in [-0.39, 0.29) is 69.1 Å². The monoisotopic (exact) mass is 1380 g/mol. The molecule has 0 spiro atoms. The summed E-state index contributed by atoms with van der Waals surface area (Å²) in [7, 11) is 0. The number of anilines is 1. The zero-order chi connectivity index (χ0) is 71.3. The third-order valence-electron chi connectivity index (χ3n) is 16.5. The van der Waals surface area contributed by atoms with Crippen LogP contribution in [0.15, 0.2) is 158 Å². The van der Waals surface area contributed by atoms with E-state index in [0.717, 1.165) is 106 Å². The lowest BCUT2D eigenvalue weighted by Crippen LogP contribution is -2.35. The Kier molecular flexibility index (Phi) is 32.8. The lowest BCUT2D eigenvalue weighted by molar-refractivity contribution is -0.154. The molecule has 21 heteroatoms. The maximum absolute atomic E-state index is 14.1. The number of ether oxygens (including phenoxy) is 5. The molecule has 0 atom stereocenters. The Labute approximate surface area is 595 Å². The summed E-state index contributed by atoms with van der Waals surface area (Å²) in [5.74, 6) is 2.32. The fourth-order valence-electron chi connectivity index (χ4n) is 11.5. The number of Topliss-reactive ketones (excluding diaryl/α,β-unsaturated/α-hetero) is 1. The summed E-state index contributed by atoms with van der Waals surface area (Å²) in [4.78, 5) is 96.7. The topological polar surface area (TPSA) is 248 Å². The van der Waals surface area contributed by atoms with Crippen molar-refractivity contribution in [1.82, 2.24) is 49.9 Å². The highest BCUT2D eigenvalue weighted by Gasteiger charge is 2.20. The lowest BCUT2D eigenvalue weighted by Gasteiger charge is -2.24. The summed E-state index contributed by atoms with van der Waals surface area (Å²) in [6, 6.07) is 44.3. The van der Waals surface area contributed by atoms with E-state index in [1.165, 1.54) is 0 Å². The molecule has 3 amide bonds. The number of carbonyl (C=O) groups is 5. The molecule has 8 aromatic rings. The number of rotatable bonds is 47. The molecule has 4 heterocycles. The van der Waals surface area contributed by atoms with E-state index in [4.69, 9.17) is 33.7 Å². The van der Waals surface area contributed by atoms with Gasteiger partial charge in [-0.25, -0.2) is 15.0 Å². The van der Waals surface area contributed by atoms with Gasteiger partial charge in [-0.15, -0.1) is 0 Å². The molecular formula is C80H103N11O10. The van der Waals surface area contributed by atoms with Crippen LogP contribution in [0, 0.1) is 0 Å². The number of pyridine rings is 2. The van der Waals surface area contributed by atoms with Crippen molar-refractivity contribution in [3.63, 3.8) is 0 Å². The van der Waals surface area contributed by atoms with Crippen molar-refractivity contribution in [2.24, 2.45) is 0 Å². The first kappa shape index (κ1) is 77.5. The van der Waals surface area contributed by atoms with Gasteiger partial charge in [-0.3, -0.25) is 38.8 Å². The number of aromatic nitrogens is 6. The Morgan fingerprint density at radius 2 is 1.10 bits per heavy atom. The first-order valence-electron chi connectivity index (χ1n) is 35.7. The first-order chi connectivity index (χ1) is 49.1. The average molecular weight is 1380 g/mol. The van der Waals surface area contributed by atoms with Crippen LogP contribution in [0.5, 0.6) is 5.75 Å². The number of aryl methyl sites for hydroxylation is 1. The number of hydrogen-bond acceptors (Lipinski definition) is 16. The largest absolute Gasteiger partial charge is 0.494 e. The van der Waals surface area contributed by atoms with Gasteiger partial charge in [0.1, 0.15) is 47.8 Å². The van der Waals surface area contributed by atoms with E-state index in [2.05, 4.69) is 109 Å². The number of esters is 1. The predicted octanol–water partition coefficient (Wildman–Crippen LogP) is 13.0. The third kappa shape index (κ3) is 30.2. The maximum Gasteiger partial charge on any atom is 0.306 e. The molecule has 0 aliphatic rings. The minimum atomic E-state index is -0.517. The molecule has 0 unspecified atom stereocenters. The predicted molar refractivity (Wildman–Crippen MR) is 391 cm³/mol. The van der Waals surface area contributed by atoms with Gasteiger partial charge in [0.2, 0.25) is 17.7 Å². The van der Waals surface area contributed by atoms with Crippen molar-refractivity contribution >= 4 is 35.3 Å². The van der Waals surface area contributed by atoms with Crippen LogP contribution >= 0.6 is 0 Å². The fraction of sp³-hybridized carbons (Fsp3) is 0.438. The van der Waals surface area contributed by atoms with Crippen LogP contribution in [0.1, 0.15) is 162 Å². The van der Waals surface area contributed by atoms with Gasteiger partial charge in [0.05, 0.1) is 57.5 Å². The molecule has 0 radical (unpaired) electrons. The summed E-state index contributed by atoms with van der Waals surface area (Å²) < 4.78 is 29.3. The Hall–Kier alpha value is -9.25. The number of nitrogens with one attached hydrogen (secondary N) is 4. The van der Waals surface area contributed by atoms with E-state index in [0.29, 0.717) is 122 Å². The average Bonchev–Trinajstić information content (AvgIpc) is 1.25. The highest BCUT2D eigenvalue weighted by atomic mass is 16.6. The van der Waals surface area contributed by atoms with Crippen LogP contribution in [0.25, 0.3) is 11.1 Å². The van der Waals surface area contributed by atoms with Crippen LogP contribution < -0.4 is 15.4 Å². The van der Waals surface area contributed by atoms with Crippen LogP contribution in [-0.2, 0) is 108 Å². The number of amides is 3. The summed E-state index contributed by atoms with van der Waals surface area (Å²) in [6.45, 7) is 15.0. The highest BCUT2D eigenvalue weighted by Crippen LogP contribution is 2.25. The number of ketones is 1. The SMILES string of the molecule is CCCCCC(=O)Cc1cccc(CN(Cc2cc(CN(Cc3cccc(NC(=O)CCCCC)n3)Cc3ncc[nH]3)cc(OCCCCN(Cc3ccc(-c4ccccc4)cc3)C(=O)COCCOCCOCC(=O)NCc3ccc(CCC(=O)OC(C)(C)C)cc3)c2)Cc2ncc[nH]2)n1. The van der Waals surface area contributed by atoms with Crippen LogP contribution in [0.4, 0.5) is 5.82 Å². The summed E-state index contributed by atoms with van der Waals surface area (Å²) in [5, 5.41) is 5.88. The quantitative estimate of drug-likeness (QED) is 0.0204. The summed E-state index contributed by atoms with van der Waals surface area (Å²) >= 11 is 0. The van der Waals surface area contributed by atoms with Gasteiger partial charge < -0.3 is 49.2 Å².